The van der Waals surface area contributed by atoms with Crippen LogP contribution in [0.25, 0.3) is 5.57 Å². The van der Waals surface area contributed by atoms with E-state index in [2.05, 4.69) is 0 Å². The van der Waals surface area contributed by atoms with Gasteiger partial charge in [-0.1, -0.05) is 12.1 Å². The molecule has 0 aliphatic carbocycles. The summed E-state index contributed by atoms with van der Waals surface area (Å²) in [5, 5.41) is 8.68. The van der Waals surface area contributed by atoms with Gasteiger partial charge in [0.25, 0.3) is 0 Å². The van der Waals surface area contributed by atoms with E-state index in [0.717, 1.165) is 5.56 Å². The maximum absolute atomic E-state index is 11.5. The number of ketones is 1. The van der Waals surface area contributed by atoms with Crippen molar-refractivity contribution < 1.29 is 4.79 Å². The van der Waals surface area contributed by atoms with E-state index in [1.54, 1.807) is 30.5 Å². The standard InChI is InChI=1S/C13H14N2O/c1-10(16)13(9-15(2)3)12-6-4-11(8-14)5-7-12/h4-7,9H,1-3H3. The Balaban J connectivity index is 3.13. The molecule has 1 aromatic rings. The Morgan fingerprint density at radius 1 is 1.31 bits per heavy atom. The number of carbonyl (C=O) groups excluding carboxylic acids is 1. The minimum absolute atomic E-state index is 0.0124. The highest BCUT2D eigenvalue weighted by Gasteiger charge is 2.07. The Labute approximate surface area is 95.6 Å². The van der Waals surface area contributed by atoms with Crippen molar-refractivity contribution in [1.29, 1.82) is 5.26 Å². The SMILES string of the molecule is CC(=O)C(=CN(C)C)c1ccc(C#N)cc1. The summed E-state index contributed by atoms with van der Waals surface area (Å²) in [6, 6.07) is 9.04. The van der Waals surface area contributed by atoms with Crippen molar-refractivity contribution in [2.75, 3.05) is 14.1 Å². The van der Waals surface area contributed by atoms with Crippen LogP contribution in [0.2, 0.25) is 0 Å². The van der Waals surface area contributed by atoms with Crippen LogP contribution in [0.3, 0.4) is 0 Å². The molecule has 0 aliphatic rings. The minimum Gasteiger partial charge on any atom is -0.383 e. The Kier molecular flexibility index (Phi) is 3.84. The van der Waals surface area contributed by atoms with Gasteiger partial charge in [0.2, 0.25) is 0 Å². The van der Waals surface area contributed by atoms with Gasteiger partial charge in [0.1, 0.15) is 0 Å². The van der Waals surface area contributed by atoms with Gasteiger partial charge in [0.15, 0.2) is 5.78 Å². The molecular formula is C13H14N2O. The number of allylic oxidation sites excluding steroid dienone is 1. The van der Waals surface area contributed by atoms with Crippen LogP contribution >= 0.6 is 0 Å². The van der Waals surface area contributed by atoms with Gasteiger partial charge < -0.3 is 4.90 Å². The van der Waals surface area contributed by atoms with E-state index < -0.39 is 0 Å². The third-order valence-corrected chi connectivity index (χ3v) is 2.09. The van der Waals surface area contributed by atoms with Gasteiger partial charge in [-0.15, -0.1) is 0 Å². The smallest absolute Gasteiger partial charge is 0.161 e. The fourth-order valence-electron chi connectivity index (χ4n) is 1.35. The highest BCUT2D eigenvalue weighted by atomic mass is 16.1. The lowest BCUT2D eigenvalue weighted by molar-refractivity contribution is -0.111. The van der Waals surface area contributed by atoms with Crippen molar-refractivity contribution in [2.45, 2.75) is 6.92 Å². The van der Waals surface area contributed by atoms with Crippen molar-refractivity contribution in [3.63, 3.8) is 0 Å². The molecule has 0 fully saturated rings. The fourth-order valence-corrected chi connectivity index (χ4v) is 1.35. The molecule has 0 bridgehead atoms. The van der Waals surface area contributed by atoms with Gasteiger partial charge in [0.05, 0.1) is 11.6 Å². The molecule has 0 N–H and O–H groups in total. The maximum Gasteiger partial charge on any atom is 0.161 e. The highest BCUT2D eigenvalue weighted by Crippen LogP contribution is 2.16. The van der Waals surface area contributed by atoms with E-state index in [1.165, 1.54) is 6.92 Å². The lowest BCUT2D eigenvalue weighted by Gasteiger charge is -2.09. The van der Waals surface area contributed by atoms with E-state index in [0.29, 0.717) is 11.1 Å². The number of hydrogen-bond acceptors (Lipinski definition) is 3. The molecule has 1 aromatic carbocycles. The molecule has 0 saturated carbocycles. The highest BCUT2D eigenvalue weighted by molar-refractivity contribution is 6.19. The quantitative estimate of drug-likeness (QED) is 0.723. The van der Waals surface area contributed by atoms with E-state index in [1.807, 2.05) is 25.1 Å². The van der Waals surface area contributed by atoms with Crippen LogP contribution in [0.1, 0.15) is 18.1 Å². The first-order chi connectivity index (χ1) is 7.54. The molecule has 82 valence electrons. The largest absolute Gasteiger partial charge is 0.383 e. The molecule has 16 heavy (non-hydrogen) atoms. The molecule has 1 rings (SSSR count). The molecule has 0 aromatic heterocycles. The summed E-state index contributed by atoms with van der Waals surface area (Å²) < 4.78 is 0. The number of carbonyl (C=O) groups is 1. The molecule has 0 atom stereocenters. The monoisotopic (exact) mass is 214 g/mol. The number of rotatable bonds is 3. The van der Waals surface area contributed by atoms with Gasteiger partial charge in [0, 0.05) is 25.9 Å². The summed E-state index contributed by atoms with van der Waals surface area (Å²) in [5.74, 6) is 0.0124. The normalized spacial score (nSPS) is 10.8. The van der Waals surface area contributed by atoms with Crippen LogP contribution in [0.4, 0.5) is 0 Å². The molecule has 0 saturated heterocycles. The fraction of sp³-hybridized carbons (Fsp3) is 0.231. The number of hydrogen-bond donors (Lipinski definition) is 0. The van der Waals surface area contributed by atoms with Gasteiger partial charge in [-0.3, -0.25) is 4.79 Å². The van der Waals surface area contributed by atoms with Crippen LogP contribution in [0.15, 0.2) is 30.5 Å². The molecule has 3 nitrogen and oxygen atoms in total. The summed E-state index contributed by atoms with van der Waals surface area (Å²) in [6.45, 7) is 1.54. The summed E-state index contributed by atoms with van der Waals surface area (Å²) >= 11 is 0. The van der Waals surface area contributed by atoms with Crippen molar-refractivity contribution in [2.24, 2.45) is 0 Å². The molecular weight excluding hydrogens is 200 g/mol. The average Bonchev–Trinajstić information content (AvgIpc) is 2.25. The van der Waals surface area contributed by atoms with Crippen LogP contribution < -0.4 is 0 Å². The number of nitrogens with zero attached hydrogens (tertiary/aromatic N) is 2. The molecule has 0 unspecified atom stereocenters. The van der Waals surface area contributed by atoms with E-state index in [4.69, 9.17) is 5.26 Å². The Morgan fingerprint density at radius 2 is 1.88 bits per heavy atom. The summed E-state index contributed by atoms with van der Waals surface area (Å²) in [6.07, 6.45) is 1.78. The summed E-state index contributed by atoms with van der Waals surface area (Å²) in [4.78, 5) is 13.3. The van der Waals surface area contributed by atoms with Crippen molar-refractivity contribution in [3.05, 3.63) is 41.6 Å². The Hall–Kier alpha value is -2.08. The Morgan fingerprint density at radius 3 is 2.25 bits per heavy atom. The summed E-state index contributed by atoms with van der Waals surface area (Å²) in [7, 11) is 3.74. The zero-order chi connectivity index (χ0) is 12.1. The molecule has 3 heteroatoms. The molecule has 0 aliphatic heterocycles. The van der Waals surface area contributed by atoms with Gasteiger partial charge >= 0.3 is 0 Å². The van der Waals surface area contributed by atoms with Crippen molar-refractivity contribution in [3.8, 4) is 6.07 Å². The predicted octanol–water partition coefficient (Wildman–Crippen LogP) is 2.05. The lowest BCUT2D eigenvalue weighted by Crippen LogP contribution is -2.06. The van der Waals surface area contributed by atoms with E-state index in [9.17, 15) is 4.79 Å². The van der Waals surface area contributed by atoms with Crippen molar-refractivity contribution >= 4 is 11.4 Å². The molecule has 0 radical (unpaired) electrons. The first-order valence-corrected chi connectivity index (χ1v) is 4.94. The Bertz CT molecular complexity index is 450. The van der Waals surface area contributed by atoms with Crippen molar-refractivity contribution in [1.82, 2.24) is 4.90 Å². The molecule has 0 heterocycles. The number of nitriles is 1. The zero-order valence-electron chi connectivity index (χ0n) is 9.69. The van der Waals surface area contributed by atoms with Gasteiger partial charge in [-0.05, 0) is 24.6 Å². The maximum atomic E-state index is 11.5. The van der Waals surface area contributed by atoms with Crippen LogP contribution in [-0.2, 0) is 4.79 Å². The zero-order valence-corrected chi connectivity index (χ0v) is 9.69. The molecule has 0 spiro atoms. The number of benzene rings is 1. The van der Waals surface area contributed by atoms with Crippen LogP contribution in [0, 0.1) is 11.3 Å². The van der Waals surface area contributed by atoms with Gasteiger partial charge in [-0.25, -0.2) is 0 Å². The third-order valence-electron chi connectivity index (χ3n) is 2.09. The minimum atomic E-state index is 0.0124. The average molecular weight is 214 g/mol. The van der Waals surface area contributed by atoms with Crippen LogP contribution in [-0.4, -0.2) is 24.8 Å². The topological polar surface area (TPSA) is 44.1 Å². The molecule has 0 amide bonds. The van der Waals surface area contributed by atoms with Gasteiger partial charge in [-0.2, -0.15) is 5.26 Å². The predicted molar refractivity (Wildman–Crippen MR) is 63.5 cm³/mol. The van der Waals surface area contributed by atoms with E-state index >= 15 is 0 Å². The third kappa shape index (κ3) is 2.96. The summed E-state index contributed by atoms with van der Waals surface area (Å²) in [5.41, 5.74) is 2.08. The second-order valence-corrected chi connectivity index (χ2v) is 3.75. The lowest BCUT2D eigenvalue weighted by atomic mass is 10.0. The second-order valence-electron chi connectivity index (χ2n) is 3.75. The second kappa shape index (κ2) is 5.13. The van der Waals surface area contributed by atoms with Crippen LogP contribution in [0.5, 0.6) is 0 Å². The van der Waals surface area contributed by atoms with E-state index in [-0.39, 0.29) is 5.78 Å². The first-order valence-electron chi connectivity index (χ1n) is 4.94. The number of Topliss-reactive ketones (excluding diaryl/α,β-unsaturated/α-hetero) is 1. The first kappa shape index (κ1) is 12.0.